The standard InChI is InChI=1S/C23H27FN2O3/c1-22(2,3)12-26-13-23-8-6-17(29-23)18(19(23)21(26)28)20(27)25-9-7-14-4-5-16(24)10-15(14)11-25/h4-6,8,10,17-19H,7,9,11-13H2,1-3H3/t17-,18?,19?,23-/m0/s1. The summed E-state index contributed by atoms with van der Waals surface area (Å²) in [5.74, 6) is -1.26. The predicted octanol–water partition coefficient (Wildman–Crippen LogP) is 2.54. The average Bonchev–Trinajstić information content (AvgIpc) is 3.27. The van der Waals surface area contributed by atoms with Gasteiger partial charge in [0.25, 0.3) is 0 Å². The first kappa shape index (κ1) is 18.8. The lowest BCUT2D eigenvalue weighted by Gasteiger charge is -2.34. The molecule has 4 heterocycles. The van der Waals surface area contributed by atoms with Gasteiger partial charge >= 0.3 is 0 Å². The summed E-state index contributed by atoms with van der Waals surface area (Å²) < 4.78 is 19.9. The van der Waals surface area contributed by atoms with Crippen molar-refractivity contribution in [2.45, 2.75) is 45.4 Å². The topological polar surface area (TPSA) is 49.9 Å². The van der Waals surface area contributed by atoms with Gasteiger partial charge < -0.3 is 14.5 Å². The Hall–Kier alpha value is -2.21. The number of carbonyl (C=O) groups is 2. The highest BCUT2D eigenvalue weighted by molar-refractivity contribution is 5.93. The molecule has 2 amide bonds. The summed E-state index contributed by atoms with van der Waals surface area (Å²) in [6, 6.07) is 4.78. The van der Waals surface area contributed by atoms with E-state index in [1.165, 1.54) is 12.1 Å². The van der Waals surface area contributed by atoms with Crippen molar-refractivity contribution in [2.75, 3.05) is 19.6 Å². The Bertz CT molecular complexity index is 921. The molecule has 5 rings (SSSR count). The molecule has 29 heavy (non-hydrogen) atoms. The van der Waals surface area contributed by atoms with Gasteiger partial charge in [-0.3, -0.25) is 9.59 Å². The van der Waals surface area contributed by atoms with Crippen LogP contribution in [-0.4, -0.2) is 53.0 Å². The molecule has 6 heteroatoms. The molecule has 1 spiro atoms. The van der Waals surface area contributed by atoms with Gasteiger partial charge in [0.05, 0.1) is 24.5 Å². The third-order valence-electron chi connectivity index (χ3n) is 6.62. The van der Waals surface area contributed by atoms with Crippen molar-refractivity contribution in [3.63, 3.8) is 0 Å². The van der Waals surface area contributed by atoms with Crippen LogP contribution in [0.25, 0.3) is 0 Å². The summed E-state index contributed by atoms with van der Waals surface area (Å²) in [4.78, 5) is 30.4. The molecule has 1 aromatic carbocycles. The predicted molar refractivity (Wildman–Crippen MR) is 105 cm³/mol. The molecule has 0 radical (unpaired) electrons. The van der Waals surface area contributed by atoms with Crippen LogP contribution < -0.4 is 0 Å². The molecule has 0 saturated carbocycles. The molecule has 5 nitrogen and oxygen atoms in total. The summed E-state index contributed by atoms with van der Waals surface area (Å²) >= 11 is 0. The third kappa shape index (κ3) is 2.91. The van der Waals surface area contributed by atoms with E-state index < -0.39 is 17.4 Å². The monoisotopic (exact) mass is 398 g/mol. The zero-order chi connectivity index (χ0) is 20.6. The largest absolute Gasteiger partial charge is 0.360 e. The van der Waals surface area contributed by atoms with E-state index in [1.54, 1.807) is 11.0 Å². The Balaban J connectivity index is 1.40. The number of amides is 2. The van der Waals surface area contributed by atoms with Crippen molar-refractivity contribution in [2.24, 2.45) is 17.3 Å². The molecule has 4 aliphatic rings. The smallest absolute Gasteiger partial charge is 0.230 e. The van der Waals surface area contributed by atoms with Gasteiger partial charge in [-0.05, 0) is 35.1 Å². The number of fused-ring (bicyclic) bond motifs is 2. The molecule has 2 bridgehead atoms. The lowest BCUT2D eigenvalue weighted by Crippen LogP contribution is -2.47. The van der Waals surface area contributed by atoms with Gasteiger partial charge in [0, 0.05) is 19.6 Å². The number of hydrogen-bond acceptors (Lipinski definition) is 3. The highest BCUT2D eigenvalue weighted by atomic mass is 19.1. The number of hydrogen-bond donors (Lipinski definition) is 0. The van der Waals surface area contributed by atoms with E-state index in [-0.39, 0.29) is 29.2 Å². The van der Waals surface area contributed by atoms with Gasteiger partial charge in [-0.2, -0.15) is 0 Å². The normalized spacial score (nSPS) is 32.7. The van der Waals surface area contributed by atoms with Gasteiger partial charge in [0.1, 0.15) is 11.4 Å². The first-order valence-electron chi connectivity index (χ1n) is 10.4. The highest BCUT2D eigenvalue weighted by Crippen LogP contribution is 2.52. The van der Waals surface area contributed by atoms with E-state index in [4.69, 9.17) is 4.74 Å². The molecule has 0 aliphatic carbocycles. The van der Waals surface area contributed by atoms with Gasteiger partial charge in [-0.1, -0.05) is 39.0 Å². The minimum absolute atomic E-state index is 0.0210. The number of carbonyl (C=O) groups excluding carboxylic acids is 2. The van der Waals surface area contributed by atoms with Gasteiger partial charge in [-0.15, -0.1) is 0 Å². The lowest BCUT2D eigenvalue weighted by atomic mass is 9.76. The number of nitrogens with zero attached hydrogens (tertiary/aromatic N) is 2. The SMILES string of the molecule is CC(C)(C)CN1C[C@]23C=C[C@H](O2)C(C(=O)N2CCc4ccc(F)cc4C2)C3C1=O. The van der Waals surface area contributed by atoms with E-state index in [1.807, 2.05) is 17.1 Å². The summed E-state index contributed by atoms with van der Waals surface area (Å²) in [6.45, 7) is 8.44. The molecule has 154 valence electrons. The van der Waals surface area contributed by atoms with Crippen molar-refractivity contribution in [3.05, 3.63) is 47.3 Å². The Kier molecular flexibility index (Phi) is 3.98. The van der Waals surface area contributed by atoms with Crippen molar-refractivity contribution < 1.29 is 18.7 Å². The van der Waals surface area contributed by atoms with Crippen LogP contribution in [0.3, 0.4) is 0 Å². The minimum Gasteiger partial charge on any atom is -0.360 e. The third-order valence-corrected chi connectivity index (χ3v) is 6.62. The van der Waals surface area contributed by atoms with Crippen LogP contribution in [0.1, 0.15) is 31.9 Å². The second kappa shape index (κ2) is 6.14. The number of halogens is 1. The molecular weight excluding hydrogens is 371 g/mol. The molecule has 1 aromatic rings. The lowest BCUT2D eigenvalue weighted by molar-refractivity contribution is -0.144. The summed E-state index contributed by atoms with van der Waals surface area (Å²) in [5, 5.41) is 0. The Morgan fingerprint density at radius 3 is 2.86 bits per heavy atom. The van der Waals surface area contributed by atoms with Crippen LogP contribution in [-0.2, 0) is 27.3 Å². The Morgan fingerprint density at radius 1 is 1.31 bits per heavy atom. The van der Waals surface area contributed by atoms with Crippen LogP contribution in [0.4, 0.5) is 4.39 Å². The quantitative estimate of drug-likeness (QED) is 0.720. The van der Waals surface area contributed by atoms with Crippen LogP contribution in [0, 0.1) is 23.1 Å². The maximum atomic E-state index is 13.7. The van der Waals surface area contributed by atoms with Crippen LogP contribution in [0.15, 0.2) is 30.4 Å². The van der Waals surface area contributed by atoms with E-state index in [9.17, 15) is 14.0 Å². The fraction of sp³-hybridized carbons (Fsp3) is 0.565. The van der Waals surface area contributed by atoms with Crippen LogP contribution >= 0.6 is 0 Å². The number of benzene rings is 1. The molecule has 0 N–H and O–H groups in total. The van der Waals surface area contributed by atoms with Crippen molar-refractivity contribution in [1.82, 2.24) is 9.80 Å². The Labute approximate surface area is 170 Å². The molecule has 4 atom stereocenters. The maximum Gasteiger partial charge on any atom is 0.230 e. The minimum atomic E-state index is -0.673. The summed E-state index contributed by atoms with van der Waals surface area (Å²) in [6.07, 6.45) is 4.30. The van der Waals surface area contributed by atoms with E-state index >= 15 is 0 Å². The van der Waals surface area contributed by atoms with E-state index in [0.717, 1.165) is 11.1 Å². The first-order chi connectivity index (χ1) is 13.7. The zero-order valence-corrected chi connectivity index (χ0v) is 17.2. The van der Waals surface area contributed by atoms with Crippen molar-refractivity contribution >= 4 is 11.8 Å². The summed E-state index contributed by atoms with van der Waals surface area (Å²) in [5.41, 5.74) is 1.25. The van der Waals surface area contributed by atoms with E-state index in [2.05, 4.69) is 20.8 Å². The Morgan fingerprint density at radius 2 is 2.10 bits per heavy atom. The van der Waals surface area contributed by atoms with E-state index in [0.29, 0.717) is 32.6 Å². The van der Waals surface area contributed by atoms with Gasteiger partial charge in [0.2, 0.25) is 11.8 Å². The number of ether oxygens (including phenoxy) is 1. The fourth-order valence-electron chi connectivity index (χ4n) is 5.49. The second-order valence-corrected chi connectivity index (χ2v) is 10.1. The molecule has 2 saturated heterocycles. The second-order valence-electron chi connectivity index (χ2n) is 10.1. The highest BCUT2D eigenvalue weighted by Gasteiger charge is 2.67. The van der Waals surface area contributed by atoms with Gasteiger partial charge in [0.15, 0.2) is 0 Å². The molecule has 2 fully saturated rings. The molecule has 0 aromatic heterocycles. The van der Waals surface area contributed by atoms with Gasteiger partial charge in [-0.25, -0.2) is 4.39 Å². The zero-order valence-electron chi connectivity index (χ0n) is 17.2. The van der Waals surface area contributed by atoms with Crippen molar-refractivity contribution in [3.8, 4) is 0 Å². The number of likely N-dealkylation sites (tertiary alicyclic amines) is 1. The van der Waals surface area contributed by atoms with Crippen molar-refractivity contribution in [1.29, 1.82) is 0 Å². The summed E-state index contributed by atoms with van der Waals surface area (Å²) in [7, 11) is 0. The molecule has 4 aliphatic heterocycles. The van der Waals surface area contributed by atoms with Crippen LogP contribution in [0.2, 0.25) is 0 Å². The maximum absolute atomic E-state index is 13.7. The fourth-order valence-corrected chi connectivity index (χ4v) is 5.49. The molecular formula is C23H27FN2O3. The van der Waals surface area contributed by atoms with Crippen LogP contribution in [0.5, 0.6) is 0 Å². The molecule has 2 unspecified atom stereocenters. The first-order valence-corrected chi connectivity index (χ1v) is 10.4. The number of rotatable bonds is 2. The average molecular weight is 398 g/mol.